The van der Waals surface area contributed by atoms with Crippen molar-refractivity contribution in [3.8, 4) is 6.07 Å². The molecular formula is C15H16N4. The van der Waals surface area contributed by atoms with E-state index in [1.54, 1.807) is 18.5 Å². The molecule has 2 rings (SSSR count). The van der Waals surface area contributed by atoms with Crippen LogP contribution >= 0.6 is 0 Å². The Morgan fingerprint density at radius 1 is 1.37 bits per heavy atom. The fourth-order valence-electron chi connectivity index (χ4n) is 2.01. The molecule has 1 aromatic carbocycles. The van der Waals surface area contributed by atoms with Crippen molar-refractivity contribution in [2.45, 2.75) is 13.0 Å². The van der Waals surface area contributed by atoms with Crippen LogP contribution in [0.25, 0.3) is 0 Å². The van der Waals surface area contributed by atoms with Crippen LogP contribution in [0.15, 0.2) is 42.7 Å². The molecule has 1 heterocycles. The van der Waals surface area contributed by atoms with Crippen LogP contribution in [-0.2, 0) is 0 Å². The summed E-state index contributed by atoms with van der Waals surface area (Å²) in [5.74, 6) is 0. The Hall–Kier alpha value is -2.54. The number of hydrogen-bond acceptors (Lipinski definition) is 4. The Kier molecular flexibility index (Phi) is 3.67. The molecule has 0 fully saturated rings. The summed E-state index contributed by atoms with van der Waals surface area (Å²) < 4.78 is 0. The summed E-state index contributed by atoms with van der Waals surface area (Å²) in [5.41, 5.74) is 9.09. The zero-order valence-electron chi connectivity index (χ0n) is 11.0. The molecule has 0 bridgehead atoms. The van der Waals surface area contributed by atoms with Crippen molar-refractivity contribution in [1.29, 1.82) is 5.26 Å². The van der Waals surface area contributed by atoms with Gasteiger partial charge >= 0.3 is 0 Å². The van der Waals surface area contributed by atoms with Gasteiger partial charge in [0.15, 0.2) is 0 Å². The van der Waals surface area contributed by atoms with E-state index in [4.69, 9.17) is 11.0 Å². The van der Waals surface area contributed by atoms with Gasteiger partial charge in [0, 0.05) is 18.9 Å². The third kappa shape index (κ3) is 2.66. The number of aromatic nitrogens is 1. The lowest BCUT2D eigenvalue weighted by atomic mass is 10.1. The molecule has 2 N–H and O–H groups in total. The predicted molar refractivity (Wildman–Crippen MR) is 76.6 cm³/mol. The zero-order chi connectivity index (χ0) is 13.8. The third-order valence-electron chi connectivity index (χ3n) is 3.27. The molecule has 0 radical (unpaired) electrons. The molecule has 0 amide bonds. The second-order valence-corrected chi connectivity index (χ2v) is 4.46. The number of nitrogens with zero attached hydrogens (tertiary/aromatic N) is 3. The van der Waals surface area contributed by atoms with Crippen molar-refractivity contribution in [2.24, 2.45) is 0 Å². The largest absolute Gasteiger partial charge is 0.399 e. The number of nitriles is 1. The van der Waals surface area contributed by atoms with Crippen molar-refractivity contribution in [3.05, 3.63) is 53.9 Å². The molecule has 0 aliphatic carbocycles. The Morgan fingerprint density at radius 2 is 2.16 bits per heavy atom. The van der Waals surface area contributed by atoms with Gasteiger partial charge in [-0.25, -0.2) is 0 Å². The van der Waals surface area contributed by atoms with Crippen LogP contribution < -0.4 is 10.6 Å². The van der Waals surface area contributed by atoms with Crippen LogP contribution in [0.2, 0.25) is 0 Å². The number of pyridine rings is 1. The number of benzene rings is 1. The van der Waals surface area contributed by atoms with E-state index >= 15 is 0 Å². The molecule has 0 spiro atoms. The third-order valence-corrected chi connectivity index (χ3v) is 3.27. The molecule has 2 aromatic rings. The van der Waals surface area contributed by atoms with E-state index in [-0.39, 0.29) is 6.04 Å². The molecule has 4 nitrogen and oxygen atoms in total. The molecule has 0 saturated carbocycles. The monoisotopic (exact) mass is 252 g/mol. The van der Waals surface area contributed by atoms with E-state index in [2.05, 4.69) is 18.0 Å². The number of rotatable bonds is 3. The predicted octanol–water partition coefficient (Wildman–Crippen LogP) is 2.73. The Labute approximate surface area is 113 Å². The fourth-order valence-corrected chi connectivity index (χ4v) is 2.01. The van der Waals surface area contributed by atoms with Crippen molar-refractivity contribution >= 4 is 11.4 Å². The average Bonchev–Trinajstić information content (AvgIpc) is 2.45. The zero-order valence-corrected chi connectivity index (χ0v) is 11.0. The van der Waals surface area contributed by atoms with Gasteiger partial charge in [0.2, 0.25) is 0 Å². The topological polar surface area (TPSA) is 65.9 Å². The van der Waals surface area contributed by atoms with Gasteiger partial charge in [-0.15, -0.1) is 0 Å². The smallest absolute Gasteiger partial charge is 0.101 e. The first kappa shape index (κ1) is 12.9. The molecule has 0 aliphatic heterocycles. The van der Waals surface area contributed by atoms with E-state index in [0.29, 0.717) is 5.56 Å². The average molecular weight is 252 g/mol. The number of anilines is 2. The maximum absolute atomic E-state index is 9.14. The van der Waals surface area contributed by atoms with Crippen molar-refractivity contribution in [3.63, 3.8) is 0 Å². The quantitative estimate of drug-likeness (QED) is 0.853. The highest BCUT2D eigenvalue weighted by atomic mass is 15.1. The van der Waals surface area contributed by atoms with Gasteiger partial charge in [-0.2, -0.15) is 5.26 Å². The van der Waals surface area contributed by atoms with Crippen LogP contribution in [-0.4, -0.2) is 12.0 Å². The Bertz CT molecular complexity index is 616. The van der Waals surface area contributed by atoms with Crippen molar-refractivity contribution in [2.75, 3.05) is 17.7 Å². The maximum Gasteiger partial charge on any atom is 0.101 e. The van der Waals surface area contributed by atoms with Crippen LogP contribution in [0.4, 0.5) is 11.4 Å². The second-order valence-electron chi connectivity index (χ2n) is 4.46. The fraction of sp³-hybridized carbons (Fsp3) is 0.200. The maximum atomic E-state index is 9.14. The van der Waals surface area contributed by atoms with E-state index < -0.39 is 0 Å². The van der Waals surface area contributed by atoms with Gasteiger partial charge in [-0.1, -0.05) is 12.1 Å². The van der Waals surface area contributed by atoms with Gasteiger partial charge in [-0.05, 0) is 30.7 Å². The second kappa shape index (κ2) is 5.40. The number of nitrogens with two attached hydrogens (primary N) is 1. The first-order valence-electron chi connectivity index (χ1n) is 6.06. The standard InChI is InChI=1S/C15H16N4/c1-11(12-4-3-5-14(17)8-12)19(2)15-10-18-7-6-13(15)9-16/h3-8,10-11H,17H2,1-2H3. The minimum Gasteiger partial charge on any atom is -0.399 e. The summed E-state index contributed by atoms with van der Waals surface area (Å²) in [6.07, 6.45) is 3.34. The lowest BCUT2D eigenvalue weighted by Crippen LogP contribution is -2.22. The molecule has 96 valence electrons. The van der Waals surface area contributed by atoms with Crippen molar-refractivity contribution in [1.82, 2.24) is 4.98 Å². The molecule has 1 atom stereocenters. The van der Waals surface area contributed by atoms with Crippen LogP contribution in [0, 0.1) is 11.3 Å². The summed E-state index contributed by atoms with van der Waals surface area (Å²) >= 11 is 0. The van der Waals surface area contributed by atoms with Gasteiger partial charge in [0.05, 0.1) is 23.5 Å². The number of nitrogen functional groups attached to an aromatic ring is 1. The molecule has 4 heteroatoms. The minimum atomic E-state index is 0.111. The van der Waals surface area contributed by atoms with Gasteiger partial charge < -0.3 is 10.6 Å². The first-order chi connectivity index (χ1) is 9.13. The molecular weight excluding hydrogens is 236 g/mol. The minimum absolute atomic E-state index is 0.111. The summed E-state index contributed by atoms with van der Waals surface area (Å²) in [4.78, 5) is 6.12. The summed E-state index contributed by atoms with van der Waals surface area (Å²) in [6.45, 7) is 2.07. The Morgan fingerprint density at radius 3 is 2.84 bits per heavy atom. The lowest BCUT2D eigenvalue weighted by molar-refractivity contribution is 0.737. The molecule has 19 heavy (non-hydrogen) atoms. The highest BCUT2D eigenvalue weighted by molar-refractivity contribution is 5.58. The molecule has 0 aliphatic rings. The summed E-state index contributed by atoms with van der Waals surface area (Å²) in [6, 6.07) is 11.8. The van der Waals surface area contributed by atoms with E-state index in [1.807, 2.05) is 36.2 Å². The van der Waals surface area contributed by atoms with Crippen molar-refractivity contribution < 1.29 is 0 Å². The molecule has 1 unspecified atom stereocenters. The first-order valence-corrected chi connectivity index (χ1v) is 6.06. The highest BCUT2D eigenvalue weighted by Gasteiger charge is 2.15. The van der Waals surface area contributed by atoms with Crippen LogP contribution in [0.3, 0.4) is 0 Å². The normalized spacial score (nSPS) is 11.6. The molecule has 0 saturated heterocycles. The summed E-state index contributed by atoms with van der Waals surface area (Å²) in [5, 5.41) is 9.14. The lowest BCUT2D eigenvalue weighted by Gasteiger charge is -2.28. The van der Waals surface area contributed by atoms with E-state index in [0.717, 1.165) is 16.9 Å². The van der Waals surface area contributed by atoms with Gasteiger partial charge in [-0.3, -0.25) is 4.98 Å². The van der Waals surface area contributed by atoms with E-state index in [9.17, 15) is 0 Å². The van der Waals surface area contributed by atoms with Crippen LogP contribution in [0.5, 0.6) is 0 Å². The highest BCUT2D eigenvalue weighted by Crippen LogP contribution is 2.27. The van der Waals surface area contributed by atoms with E-state index in [1.165, 1.54) is 0 Å². The summed E-state index contributed by atoms with van der Waals surface area (Å²) in [7, 11) is 1.95. The molecule has 1 aromatic heterocycles. The SMILES string of the molecule is CC(c1cccc(N)c1)N(C)c1cnccc1C#N. The number of hydrogen-bond donors (Lipinski definition) is 1. The van der Waals surface area contributed by atoms with Gasteiger partial charge in [0.25, 0.3) is 0 Å². The van der Waals surface area contributed by atoms with Crippen LogP contribution in [0.1, 0.15) is 24.1 Å². The van der Waals surface area contributed by atoms with Gasteiger partial charge in [0.1, 0.15) is 6.07 Å². The Balaban J connectivity index is 2.34.